The van der Waals surface area contributed by atoms with Gasteiger partial charge >= 0.3 is 0 Å². The van der Waals surface area contributed by atoms with Crippen LogP contribution in [0.15, 0.2) is 0 Å². The Hall–Kier alpha value is -0.940. The molecule has 0 radical (unpaired) electrons. The van der Waals surface area contributed by atoms with Crippen LogP contribution in [0.25, 0.3) is 0 Å². The molecule has 2 aliphatic rings. The van der Waals surface area contributed by atoms with Crippen molar-refractivity contribution in [3.8, 4) is 0 Å². The Morgan fingerprint density at radius 2 is 2.13 bits per heavy atom. The molecule has 82 valence electrons. The molecule has 5 heteroatoms. The Bertz CT molecular complexity index is 371. The first kappa shape index (κ1) is 9.30. The average molecular weight is 208 g/mol. The standard InChI is InChI=1S/C10H16N4O/c1-6-12-13-10(14(6)7-2-3-7)8-4-15-5-9(8)11/h7-9H,2-5,11H2,1H3. The SMILES string of the molecule is Cc1nnc(C2COCC2N)n1C1CC1. The second-order valence-corrected chi connectivity index (χ2v) is 4.51. The van der Waals surface area contributed by atoms with Gasteiger partial charge in [0, 0.05) is 12.1 Å². The summed E-state index contributed by atoms with van der Waals surface area (Å²) >= 11 is 0. The minimum Gasteiger partial charge on any atom is -0.379 e. The number of aromatic nitrogens is 3. The van der Waals surface area contributed by atoms with E-state index in [-0.39, 0.29) is 12.0 Å². The lowest BCUT2D eigenvalue weighted by atomic mass is 10.0. The Labute approximate surface area is 88.6 Å². The van der Waals surface area contributed by atoms with Gasteiger partial charge in [-0.2, -0.15) is 0 Å². The predicted molar refractivity (Wildman–Crippen MR) is 54.6 cm³/mol. The Balaban J connectivity index is 1.96. The van der Waals surface area contributed by atoms with Crippen molar-refractivity contribution in [2.45, 2.75) is 37.8 Å². The zero-order chi connectivity index (χ0) is 10.4. The average Bonchev–Trinajstić information content (AvgIpc) is 2.85. The molecule has 15 heavy (non-hydrogen) atoms. The van der Waals surface area contributed by atoms with Crippen molar-refractivity contribution >= 4 is 0 Å². The molecule has 2 fully saturated rings. The molecule has 1 aromatic rings. The number of ether oxygens (including phenoxy) is 1. The maximum absolute atomic E-state index is 6.00. The predicted octanol–water partition coefficient (Wildman–Crippen LogP) is 0.363. The van der Waals surface area contributed by atoms with Crippen LogP contribution in [0.3, 0.4) is 0 Å². The van der Waals surface area contributed by atoms with Crippen molar-refractivity contribution in [1.29, 1.82) is 0 Å². The largest absolute Gasteiger partial charge is 0.379 e. The van der Waals surface area contributed by atoms with Crippen molar-refractivity contribution in [1.82, 2.24) is 14.8 Å². The normalized spacial score (nSPS) is 31.1. The molecule has 0 spiro atoms. The highest BCUT2D eigenvalue weighted by atomic mass is 16.5. The first-order chi connectivity index (χ1) is 7.27. The third-order valence-corrected chi connectivity index (χ3v) is 3.26. The van der Waals surface area contributed by atoms with Crippen LogP contribution in [-0.4, -0.2) is 34.0 Å². The maximum Gasteiger partial charge on any atom is 0.140 e. The molecule has 2 atom stereocenters. The minimum atomic E-state index is 0.0751. The topological polar surface area (TPSA) is 66.0 Å². The molecule has 3 rings (SSSR count). The summed E-state index contributed by atoms with van der Waals surface area (Å²) in [6, 6.07) is 0.689. The molecule has 2 heterocycles. The fraction of sp³-hybridized carbons (Fsp3) is 0.800. The second-order valence-electron chi connectivity index (χ2n) is 4.51. The van der Waals surface area contributed by atoms with E-state index in [0.717, 1.165) is 11.6 Å². The van der Waals surface area contributed by atoms with E-state index in [1.807, 2.05) is 6.92 Å². The highest BCUT2D eigenvalue weighted by Crippen LogP contribution is 2.38. The smallest absolute Gasteiger partial charge is 0.140 e. The highest BCUT2D eigenvalue weighted by Gasteiger charge is 2.35. The molecule has 1 aliphatic heterocycles. The Morgan fingerprint density at radius 1 is 1.33 bits per heavy atom. The molecular formula is C10H16N4O. The molecule has 0 aromatic carbocycles. The van der Waals surface area contributed by atoms with Crippen LogP contribution in [0, 0.1) is 6.92 Å². The number of hydrogen-bond acceptors (Lipinski definition) is 4. The molecule has 1 aromatic heterocycles. The summed E-state index contributed by atoms with van der Waals surface area (Å²) in [5.74, 6) is 2.26. The number of hydrogen-bond donors (Lipinski definition) is 1. The van der Waals surface area contributed by atoms with Gasteiger partial charge in [0.1, 0.15) is 11.6 Å². The van der Waals surface area contributed by atoms with Crippen molar-refractivity contribution in [3.05, 3.63) is 11.6 Å². The van der Waals surface area contributed by atoms with Crippen LogP contribution in [0.4, 0.5) is 0 Å². The molecule has 1 saturated carbocycles. The minimum absolute atomic E-state index is 0.0751. The van der Waals surface area contributed by atoms with Gasteiger partial charge in [0.05, 0.1) is 19.1 Å². The van der Waals surface area contributed by atoms with Gasteiger partial charge in [-0.3, -0.25) is 0 Å². The van der Waals surface area contributed by atoms with Gasteiger partial charge in [0.15, 0.2) is 0 Å². The van der Waals surface area contributed by atoms with Crippen molar-refractivity contribution in [3.63, 3.8) is 0 Å². The van der Waals surface area contributed by atoms with Crippen molar-refractivity contribution < 1.29 is 4.74 Å². The van der Waals surface area contributed by atoms with E-state index in [0.29, 0.717) is 19.3 Å². The van der Waals surface area contributed by atoms with E-state index in [4.69, 9.17) is 10.5 Å². The summed E-state index contributed by atoms with van der Waals surface area (Å²) in [7, 11) is 0. The van der Waals surface area contributed by atoms with E-state index < -0.39 is 0 Å². The van der Waals surface area contributed by atoms with Gasteiger partial charge < -0.3 is 15.0 Å². The fourth-order valence-corrected chi connectivity index (χ4v) is 2.26. The lowest BCUT2D eigenvalue weighted by molar-refractivity contribution is 0.190. The number of nitrogens with two attached hydrogens (primary N) is 1. The molecule has 2 unspecified atom stereocenters. The van der Waals surface area contributed by atoms with Gasteiger partial charge in [-0.1, -0.05) is 0 Å². The van der Waals surface area contributed by atoms with E-state index in [9.17, 15) is 0 Å². The van der Waals surface area contributed by atoms with E-state index in [2.05, 4.69) is 14.8 Å². The van der Waals surface area contributed by atoms with E-state index in [1.54, 1.807) is 0 Å². The fourth-order valence-electron chi connectivity index (χ4n) is 2.26. The summed E-state index contributed by atoms with van der Waals surface area (Å²) in [5.41, 5.74) is 6.00. The molecule has 0 bridgehead atoms. The third-order valence-electron chi connectivity index (χ3n) is 3.26. The van der Waals surface area contributed by atoms with Gasteiger partial charge in [-0.05, 0) is 19.8 Å². The van der Waals surface area contributed by atoms with Gasteiger partial charge in [-0.25, -0.2) is 0 Å². The molecule has 0 amide bonds. The number of aryl methyl sites for hydroxylation is 1. The summed E-state index contributed by atoms with van der Waals surface area (Å²) < 4.78 is 7.63. The van der Waals surface area contributed by atoms with Crippen LogP contribution >= 0.6 is 0 Å². The van der Waals surface area contributed by atoms with Crippen LogP contribution in [-0.2, 0) is 4.74 Å². The third kappa shape index (κ3) is 1.46. The Morgan fingerprint density at radius 3 is 2.73 bits per heavy atom. The molecule has 1 aliphatic carbocycles. The van der Waals surface area contributed by atoms with Crippen molar-refractivity contribution in [2.75, 3.05) is 13.2 Å². The lowest BCUT2D eigenvalue weighted by Gasteiger charge is -2.14. The van der Waals surface area contributed by atoms with Gasteiger partial charge in [0.25, 0.3) is 0 Å². The quantitative estimate of drug-likeness (QED) is 0.762. The summed E-state index contributed by atoms with van der Waals surface area (Å²) in [4.78, 5) is 0. The Kier molecular flexibility index (Phi) is 2.03. The second kappa shape index (κ2) is 3.28. The highest BCUT2D eigenvalue weighted by molar-refractivity contribution is 5.10. The summed E-state index contributed by atoms with van der Waals surface area (Å²) in [5, 5.41) is 8.42. The monoisotopic (exact) mass is 208 g/mol. The van der Waals surface area contributed by atoms with Crippen LogP contribution in [0.2, 0.25) is 0 Å². The first-order valence-corrected chi connectivity index (χ1v) is 5.52. The number of rotatable bonds is 2. The van der Waals surface area contributed by atoms with Gasteiger partial charge in [-0.15, -0.1) is 10.2 Å². The van der Waals surface area contributed by atoms with Crippen LogP contribution in [0.1, 0.15) is 36.5 Å². The zero-order valence-corrected chi connectivity index (χ0v) is 8.89. The van der Waals surface area contributed by atoms with Gasteiger partial charge in [0.2, 0.25) is 0 Å². The van der Waals surface area contributed by atoms with E-state index >= 15 is 0 Å². The molecular weight excluding hydrogens is 192 g/mol. The first-order valence-electron chi connectivity index (χ1n) is 5.52. The summed E-state index contributed by atoms with van der Waals surface area (Å²) in [6.07, 6.45) is 2.49. The molecule has 5 nitrogen and oxygen atoms in total. The maximum atomic E-state index is 6.00. The number of nitrogens with zero attached hydrogens (tertiary/aromatic N) is 3. The van der Waals surface area contributed by atoms with Crippen LogP contribution < -0.4 is 5.73 Å². The summed E-state index contributed by atoms with van der Waals surface area (Å²) in [6.45, 7) is 3.34. The van der Waals surface area contributed by atoms with Crippen LogP contribution in [0.5, 0.6) is 0 Å². The lowest BCUT2D eigenvalue weighted by Crippen LogP contribution is -2.29. The van der Waals surface area contributed by atoms with Crippen molar-refractivity contribution in [2.24, 2.45) is 5.73 Å². The molecule has 2 N–H and O–H groups in total. The molecule has 1 saturated heterocycles. The zero-order valence-electron chi connectivity index (χ0n) is 8.89. The van der Waals surface area contributed by atoms with E-state index in [1.165, 1.54) is 12.8 Å².